The van der Waals surface area contributed by atoms with Crippen LogP contribution in [0.3, 0.4) is 0 Å². The number of carbonyl (C=O) groups is 1. The molecule has 0 saturated heterocycles. The third kappa shape index (κ3) is 5.35. The zero-order valence-corrected chi connectivity index (χ0v) is 21.0. The van der Waals surface area contributed by atoms with E-state index in [2.05, 4.69) is 10.5 Å². The molecule has 5 rings (SSSR count). The lowest BCUT2D eigenvalue weighted by atomic mass is 10.1. The fourth-order valence-electron chi connectivity index (χ4n) is 4.16. The fourth-order valence-corrected chi connectivity index (χ4v) is 4.72. The first-order valence-electron chi connectivity index (χ1n) is 11.5. The standard InChI is InChI=1S/C29H21Cl2N3O3/c30-21-14-20(29(24(31)15-21)37-18-19-8-2-1-3-9-19)16-32-33-27(35)17-34-25-12-6-4-10-22(25)28(36)23-11-5-7-13-26(23)34/h1-16H,17-18H2,(H,33,35)/b32-16-. The van der Waals surface area contributed by atoms with Gasteiger partial charge >= 0.3 is 0 Å². The minimum Gasteiger partial charge on any atom is -0.487 e. The van der Waals surface area contributed by atoms with E-state index < -0.39 is 0 Å². The van der Waals surface area contributed by atoms with E-state index in [1.807, 2.05) is 59.2 Å². The molecule has 0 fully saturated rings. The highest BCUT2D eigenvalue weighted by atomic mass is 35.5. The third-order valence-corrected chi connectivity index (χ3v) is 6.34. The molecule has 0 aliphatic rings. The Kier molecular flexibility index (Phi) is 7.21. The molecule has 0 radical (unpaired) electrons. The minimum atomic E-state index is -0.366. The molecule has 37 heavy (non-hydrogen) atoms. The van der Waals surface area contributed by atoms with Gasteiger partial charge in [-0.25, -0.2) is 5.43 Å². The molecule has 1 N–H and O–H groups in total. The summed E-state index contributed by atoms with van der Waals surface area (Å²) in [5.41, 5.74) is 5.32. The summed E-state index contributed by atoms with van der Waals surface area (Å²) >= 11 is 12.6. The van der Waals surface area contributed by atoms with Crippen molar-refractivity contribution in [1.82, 2.24) is 9.99 Å². The van der Waals surface area contributed by atoms with Crippen LogP contribution in [-0.4, -0.2) is 16.7 Å². The molecule has 1 aromatic heterocycles. The van der Waals surface area contributed by atoms with Gasteiger partial charge in [0.05, 0.1) is 22.3 Å². The van der Waals surface area contributed by atoms with Gasteiger partial charge in [0, 0.05) is 21.4 Å². The van der Waals surface area contributed by atoms with Crippen LogP contribution in [0.2, 0.25) is 10.0 Å². The number of hydrogen-bond acceptors (Lipinski definition) is 4. The lowest BCUT2D eigenvalue weighted by Crippen LogP contribution is -2.25. The van der Waals surface area contributed by atoms with E-state index in [0.717, 1.165) is 5.56 Å². The van der Waals surface area contributed by atoms with Crippen LogP contribution in [0.4, 0.5) is 0 Å². The first-order chi connectivity index (χ1) is 18.0. The predicted molar refractivity (Wildman–Crippen MR) is 149 cm³/mol. The second-order valence-corrected chi connectivity index (χ2v) is 9.17. The highest BCUT2D eigenvalue weighted by Crippen LogP contribution is 2.32. The van der Waals surface area contributed by atoms with Gasteiger partial charge in [-0.15, -0.1) is 0 Å². The summed E-state index contributed by atoms with van der Waals surface area (Å²) in [6.07, 6.45) is 1.44. The Morgan fingerprint density at radius 3 is 2.19 bits per heavy atom. The monoisotopic (exact) mass is 529 g/mol. The number of carbonyl (C=O) groups excluding carboxylic acids is 1. The topological polar surface area (TPSA) is 72.7 Å². The molecule has 0 aliphatic carbocycles. The first kappa shape index (κ1) is 24.6. The molecule has 0 unspecified atom stereocenters. The maximum Gasteiger partial charge on any atom is 0.260 e. The van der Waals surface area contributed by atoms with Crippen LogP contribution in [0.15, 0.2) is 101 Å². The number of benzene rings is 4. The lowest BCUT2D eigenvalue weighted by Gasteiger charge is -2.14. The van der Waals surface area contributed by atoms with Gasteiger partial charge in [-0.2, -0.15) is 5.10 Å². The number of fused-ring (bicyclic) bond motifs is 2. The van der Waals surface area contributed by atoms with E-state index in [-0.39, 0.29) is 17.9 Å². The van der Waals surface area contributed by atoms with Gasteiger partial charge in [0.15, 0.2) is 5.43 Å². The Morgan fingerprint density at radius 1 is 0.892 bits per heavy atom. The van der Waals surface area contributed by atoms with Crippen molar-refractivity contribution < 1.29 is 9.53 Å². The summed E-state index contributed by atoms with van der Waals surface area (Å²) in [7, 11) is 0. The molecule has 6 nitrogen and oxygen atoms in total. The zero-order valence-electron chi connectivity index (χ0n) is 19.5. The second-order valence-electron chi connectivity index (χ2n) is 8.32. The summed E-state index contributed by atoms with van der Waals surface area (Å²) < 4.78 is 7.75. The molecule has 0 spiro atoms. The van der Waals surface area contributed by atoms with Crippen molar-refractivity contribution in [3.05, 3.63) is 122 Å². The number of nitrogens with zero attached hydrogens (tertiary/aromatic N) is 2. The quantitative estimate of drug-likeness (QED) is 0.155. The van der Waals surface area contributed by atoms with Crippen molar-refractivity contribution in [2.75, 3.05) is 0 Å². The average Bonchev–Trinajstić information content (AvgIpc) is 2.91. The van der Waals surface area contributed by atoms with E-state index in [0.29, 0.717) is 49.8 Å². The highest BCUT2D eigenvalue weighted by Gasteiger charge is 2.13. The minimum absolute atomic E-state index is 0.0354. The second kappa shape index (κ2) is 10.9. The molecule has 8 heteroatoms. The normalized spacial score (nSPS) is 11.3. The van der Waals surface area contributed by atoms with Crippen molar-refractivity contribution in [2.24, 2.45) is 5.10 Å². The molecular formula is C29H21Cl2N3O3. The van der Waals surface area contributed by atoms with Crippen LogP contribution < -0.4 is 15.6 Å². The van der Waals surface area contributed by atoms with Crippen molar-refractivity contribution >= 4 is 57.1 Å². The number of amides is 1. The molecule has 0 bridgehead atoms. The Hall–Kier alpha value is -4.13. The summed E-state index contributed by atoms with van der Waals surface area (Å²) in [5, 5.41) is 5.96. The number of ether oxygens (including phenoxy) is 1. The molecule has 4 aromatic carbocycles. The number of para-hydroxylation sites is 2. The van der Waals surface area contributed by atoms with Crippen LogP contribution in [-0.2, 0) is 17.9 Å². The Morgan fingerprint density at radius 2 is 1.51 bits per heavy atom. The van der Waals surface area contributed by atoms with E-state index >= 15 is 0 Å². The highest BCUT2D eigenvalue weighted by molar-refractivity contribution is 6.36. The van der Waals surface area contributed by atoms with Crippen LogP contribution >= 0.6 is 23.2 Å². The van der Waals surface area contributed by atoms with Crippen LogP contribution in [0.5, 0.6) is 5.75 Å². The third-order valence-electron chi connectivity index (χ3n) is 5.84. The van der Waals surface area contributed by atoms with Crippen molar-refractivity contribution in [1.29, 1.82) is 0 Å². The van der Waals surface area contributed by atoms with Gasteiger partial charge < -0.3 is 9.30 Å². The molecule has 184 valence electrons. The maximum absolute atomic E-state index is 12.9. The van der Waals surface area contributed by atoms with E-state index in [4.69, 9.17) is 27.9 Å². The smallest absolute Gasteiger partial charge is 0.260 e. The summed E-state index contributed by atoms with van der Waals surface area (Å²) in [4.78, 5) is 25.8. The largest absolute Gasteiger partial charge is 0.487 e. The van der Waals surface area contributed by atoms with Gasteiger partial charge in [-0.1, -0.05) is 77.8 Å². The number of halogens is 2. The Bertz CT molecular complexity index is 1640. The summed E-state index contributed by atoms with van der Waals surface area (Å²) in [6, 6.07) is 27.4. The molecule has 1 amide bonds. The molecule has 0 aliphatic heterocycles. The van der Waals surface area contributed by atoms with Gasteiger partial charge in [0.1, 0.15) is 18.9 Å². The van der Waals surface area contributed by atoms with Crippen molar-refractivity contribution in [2.45, 2.75) is 13.2 Å². The molecule has 0 saturated carbocycles. The first-order valence-corrected chi connectivity index (χ1v) is 12.2. The maximum atomic E-state index is 12.9. The zero-order chi connectivity index (χ0) is 25.8. The number of nitrogens with one attached hydrogen (secondary N) is 1. The number of hydrogen-bond donors (Lipinski definition) is 1. The Labute approximate surface area is 222 Å². The number of rotatable bonds is 7. The van der Waals surface area contributed by atoms with Crippen LogP contribution in [0.25, 0.3) is 21.8 Å². The number of pyridine rings is 1. The number of hydrazone groups is 1. The van der Waals surface area contributed by atoms with E-state index in [1.165, 1.54) is 6.21 Å². The van der Waals surface area contributed by atoms with E-state index in [1.54, 1.807) is 36.4 Å². The summed E-state index contributed by atoms with van der Waals surface area (Å²) in [6.45, 7) is 0.272. The Balaban J connectivity index is 1.38. The molecule has 1 heterocycles. The average molecular weight is 530 g/mol. The van der Waals surface area contributed by atoms with Crippen LogP contribution in [0.1, 0.15) is 11.1 Å². The predicted octanol–water partition coefficient (Wildman–Crippen LogP) is 6.19. The van der Waals surface area contributed by atoms with Gasteiger partial charge in [-0.3, -0.25) is 9.59 Å². The SMILES string of the molecule is O=C(Cn1c2ccccc2c(=O)c2ccccc21)N/N=C\c1cc(Cl)cc(Cl)c1OCc1ccccc1. The molecular weight excluding hydrogens is 509 g/mol. The number of aromatic nitrogens is 1. The van der Waals surface area contributed by atoms with Crippen molar-refractivity contribution in [3.63, 3.8) is 0 Å². The molecule has 0 atom stereocenters. The van der Waals surface area contributed by atoms with Crippen molar-refractivity contribution in [3.8, 4) is 5.75 Å². The summed E-state index contributed by atoms with van der Waals surface area (Å²) in [5.74, 6) is 0.0420. The molecule has 5 aromatic rings. The van der Waals surface area contributed by atoms with E-state index in [9.17, 15) is 9.59 Å². The van der Waals surface area contributed by atoms with Crippen LogP contribution in [0, 0.1) is 0 Å². The fraction of sp³-hybridized carbons (Fsp3) is 0.0690. The van der Waals surface area contributed by atoms with Gasteiger partial charge in [0.25, 0.3) is 5.91 Å². The van der Waals surface area contributed by atoms with Gasteiger partial charge in [0.2, 0.25) is 0 Å². The van der Waals surface area contributed by atoms with Gasteiger partial charge in [-0.05, 0) is 42.0 Å². The lowest BCUT2D eigenvalue weighted by molar-refractivity contribution is -0.121.